The van der Waals surface area contributed by atoms with Gasteiger partial charge in [0.05, 0.1) is 20.0 Å². The molecule has 186 valence electrons. The molecule has 16 heteroatoms. The van der Waals surface area contributed by atoms with Crippen LogP contribution in [0.3, 0.4) is 0 Å². The number of hydrogen-bond acceptors (Lipinski definition) is 10. The van der Waals surface area contributed by atoms with Crippen LogP contribution in [0.1, 0.15) is 15.2 Å². The zero-order valence-electron chi connectivity index (χ0n) is 18.0. The largest absolute Gasteiger partial charge is 0.493 e. The molecule has 0 aliphatic rings. The minimum absolute atomic E-state index is 0.0407. The number of alkyl halides is 3. The van der Waals surface area contributed by atoms with Crippen LogP contribution in [0, 0.1) is 0 Å². The van der Waals surface area contributed by atoms with Crippen molar-refractivity contribution in [3.63, 3.8) is 0 Å². The van der Waals surface area contributed by atoms with Crippen molar-refractivity contribution >= 4 is 52.4 Å². The van der Waals surface area contributed by atoms with Crippen LogP contribution in [-0.4, -0.2) is 46.1 Å². The maximum absolute atomic E-state index is 12.6. The van der Waals surface area contributed by atoms with Crippen molar-refractivity contribution in [1.82, 2.24) is 14.3 Å². The Morgan fingerprint density at radius 2 is 1.89 bits per heavy atom. The van der Waals surface area contributed by atoms with E-state index in [1.54, 1.807) is 0 Å². The molecule has 11 nitrogen and oxygen atoms in total. The fraction of sp³-hybridized carbons (Fsp3) is 0.211. The Kier molecular flexibility index (Phi) is 7.85. The lowest BCUT2D eigenvalue weighted by Crippen LogP contribution is -2.23. The topological polar surface area (TPSA) is 161 Å². The highest BCUT2D eigenvalue weighted by atomic mass is 32.2. The van der Waals surface area contributed by atoms with Gasteiger partial charge in [0, 0.05) is 11.6 Å². The van der Waals surface area contributed by atoms with Gasteiger partial charge in [-0.15, -0.1) is 0 Å². The molecule has 0 unspecified atom stereocenters. The quantitative estimate of drug-likeness (QED) is 0.253. The third-order valence-corrected chi connectivity index (χ3v) is 5.91. The van der Waals surface area contributed by atoms with E-state index < -0.39 is 28.4 Å². The number of anilines is 3. The highest BCUT2D eigenvalue weighted by Gasteiger charge is 2.33. The summed E-state index contributed by atoms with van der Waals surface area (Å²) in [6.45, 7) is 0. The van der Waals surface area contributed by atoms with E-state index in [1.165, 1.54) is 32.4 Å². The number of nitrogen functional groups attached to an aromatic ring is 1. The van der Waals surface area contributed by atoms with Crippen LogP contribution in [0.25, 0.3) is 0 Å². The second kappa shape index (κ2) is 10.6. The smallest absolute Gasteiger partial charge is 0.427 e. The molecule has 0 spiro atoms. The summed E-state index contributed by atoms with van der Waals surface area (Å²) >= 11 is 0.978. The molecular weight excluding hydrogens is 513 g/mol. The van der Waals surface area contributed by atoms with Gasteiger partial charge in [0.1, 0.15) is 16.4 Å². The van der Waals surface area contributed by atoms with E-state index in [4.69, 9.17) is 15.2 Å². The van der Waals surface area contributed by atoms with Crippen molar-refractivity contribution in [3.05, 3.63) is 45.1 Å². The van der Waals surface area contributed by atoms with E-state index >= 15 is 0 Å². The number of benzene rings is 1. The lowest BCUT2D eigenvalue weighted by Gasteiger charge is -2.11. The minimum Gasteiger partial charge on any atom is -0.493 e. The molecule has 1 aromatic carbocycles. The average molecular weight is 531 g/mol. The second-order valence-corrected chi connectivity index (χ2v) is 8.34. The van der Waals surface area contributed by atoms with Crippen LogP contribution in [0.15, 0.2) is 34.2 Å². The van der Waals surface area contributed by atoms with Gasteiger partial charge in [0.2, 0.25) is 5.91 Å². The number of nitrogens with one attached hydrogen (secondary N) is 3. The Morgan fingerprint density at radius 3 is 2.49 bits per heavy atom. The molecule has 3 rings (SSSR count). The maximum Gasteiger partial charge on any atom is 0.427 e. The summed E-state index contributed by atoms with van der Waals surface area (Å²) in [6, 6.07) is 5.09. The van der Waals surface area contributed by atoms with Crippen LogP contribution in [-0.2, 0) is 11.0 Å². The SMILES string of the molecule is COc1ccc(C(=O)Nc2c(N)nc(SCC(=O)Nc3cc(C(F)(F)F)sn3)[nH]c2=O)cc1OC. The molecule has 5 N–H and O–H groups in total. The molecule has 0 bridgehead atoms. The van der Waals surface area contributed by atoms with Gasteiger partial charge >= 0.3 is 6.18 Å². The number of aromatic nitrogens is 3. The van der Waals surface area contributed by atoms with Gasteiger partial charge in [0.25, 0.3) is 11.5 Å². The number of hydrogen-bond donors (Lipinski definition) is 4. The Hall–Kier alpha value is -3.79. The maximum atomic E-state index is 12.6. The predicted molar refractivity (Wildman–Crippen MR) is 123 cm³/mol. The summed E-state index contributed by atoms with van der Waals surface area (Å²) in [5, 5.41) is 4.55. The number of carbonyl (C=O) groups excluding carboxylic acids is 2. The molecule has 0 atom stereocenters. The lowest BCUT2D eigenvalue weighted by atomic mass is 10.2. The Morgan fingerprint density at radius 1 is 1.17 bits per heavy atom. The summed E-state index contributed by atoms with van der Waals surface area (Å²) in [5.41, 5.74) is 4.88. The summed E-state index contributed by atoms with van der Waals surface area (Å²) in [4.78, 5) is 42.3. The number of nitrogens with zero attached hydrogens (tertiary/aromatic N) is 2. The zero-order chi connectivity index (χ0) is 25.8. The lowest BCUT2D eigenvalue weighted by molar-refractivity contribution is -0.134. The molecule has 0 saturated heterocycles. The van der Waals surface area contributed by atoms with E-state index in [1.807, 2.05) is 0 Å². The van der Waals surface area contributed by atoms with Gasteiger partial charge in [-0.3, -0.25) is 19.4 Å². The molecular formula is C19H17F3N6O5S2. The van der Waals surface area contributed by atoms with Crippen LogP contribution >= 0.6 is 23.3 Å². The molecule has 35 heavy (non-hydrogen) atoms. The first-order valence-corrected chi connectivity index (χ1v) is 11.2. The standard InChI is InChI=1S/C19H17F3N6O5S2/c1-32-9-4-3-8(5-10(9)33-2)16(30)25-14-15(23)26-18(27-17(14)31)34-7-13(29)24-12-6-11(35-28-12)19(20,21)22/h3-6H,7H2,1-2H3,(H,25,30)(H,24,28,29)(H3,23,26,27,31). The van der Waals surface area contributed by atoms with E-state index in [0.717, 1.165) is 11.8 Å². The van der Waals surface area contributed by atoms with E-state index in [2.05, 4.69) is 25.0 Å². The highest BCUT2D eigenvalue weighted by Crippen LogP contribution is 2.34. The number of rotatable bonds is 8. The number of amides is 2. The van der Waals surface area contributed by atoms with Crippen molar-refractivity contribution < 1.29 is 32.2 Å². The fourth-order valence-corrected chi connectivity index (χ4v) is 3.83. The predicted octanol–water partition coefficient (Wildman–Crippen LogP) is 2.83. The molecule has 0 saturated carbocycles. The average Bonchev–Trinajstić information content (AvgIpc) is 3.28. The summed E-state index contributed by atoms with van der Waals surface area (Å²) in [7, 11) is 2.84. The summed E-state index contributed by atoms with van der Waals surface area (Å²) in [5.74, 6) is -1.49. The summed E-state index contributed by atoms with van der Waals surface area (Å²) < 4.78 is 51.6. The molecule has 3 aromatic rings. The highest BCUT2D eigenvalue weighted by molar-refractivity contribution is 7.99. The van der Waals surface area contributed by atoms with Crippen molar-refractivity contribution in [3.8, 4) is 11.5 Å². The van der Waals surface area contributed by atoms with Gasteiger partial charge in [-0.1, -0.05) is 11.8 Å². The number of thioether (sulfide) groups is 1. The van der Waals surface area contributed by atoms with Crippen molar-refractivity contribution in [2.24, 2.45) is 0 Å². The normalized spacial score (nSPS) is 11.1. The van der Waals surface area contributed by atoms with Gasteiger partial charge in [-0.2, -0.15) is 17.5 Å². The summed E-state index contributed by atoms with van der Waals surface area (Å²) in [6.07, 6.45) is -4.56. The van der Waals surface area contributed by atoms with Gasteiger partial charge in [-0.25, -0.2) is 4.98 Å². The monoisotopic (exact) mass is 530 g/mol. The third-order valence-electron chi connectivity index (χ3n) is 4.21. The Bertz CT molecular complexity index is 1310. The van der Waals surface area contributed by atoms with Crippen LogP contribution < -0.4 is 31.4 Å². The molecule has 0 aliphatic carbocycles. The Labute approximate surface area is 203 Å². The first-order valence-electron chi connectivity index (χ1n) is 9.41. The number of ether oxygens (including phenoxy) is 2. The van der Waals surface area contributed by atoms with Crippen LogP contribution in [0.4, 0.5) is 30.5 Å². The first kappa shape index (κ1) is 25.8. The third kappa shape index (κ3) is 6.42. The molecule has 2 aromatic heterocycles. The Balaban J connectivity index is 1.64. The second-order valence-electron chi connectivity index (χ2n) is 6.57. The minimum atomic E-state index is -4.56. The van der Waals surface area contributed by atoms with Crippen molar-refractivity contribution in [1.29, 1.82) is 0 Å². The van der Waals surface area contributed by atoms with Gasteiger partial charge < -0.3 is 25.8 Å². The number of aromatic amines is 1. The van der Waals surface area contributed by atoms with Crippen molar-refractivity contribution in [2.45, 2.75) is 11.3 Å². The van der Waals surface area contributed by atoms with Gasteiger partial charge in [0.15, 0.2) is 22.5 Å². The van der Waals surface area contributed by atoms with E-state index in [0.29, 0.717) is 17.6 Å². The zero-order valence-corrected chi connectivity index (χ0v) is 19.6. The first-order chi connectivity index (χ1) is 16.5. The number of methoxy groups -OCH3 is 2. The van der Waals surface area contributed by atoms with Crippen LogP contribution in [0.5, 0.6) is 11.5 Å². The number of carbonyl (C=O) groups is 2. The van der Waals surface area contributed by atoms with E-state index in [9.17, 15) is 27.6 Å². The fourth-order valence-electron chi connectivity index (χ4n) is 2.60. The van der Waals surface area contributed by atoms with Crippen molar-refractivity contribution in [2.75, 3.05) is 36.3 Å². The van der Waals surface area contributed by atoms with E-state index in [-0.39, 0.29) is 45.3 Å². The molecule has 0 fully saturated rings. The van der Waals surface area contributed by atoms with Crippen LogP contribution in [0.2, 0.25) is 0 Å². The van der Waals surface area contributed by atoms with Gasteiger partial charge in [-0.05, 0) is 29.7 Å². The molecule has 2 amide bonds. The number of H-pyrrole nitrogens is 1. The molecule has 2 heterocycles. The molecule has 0 aliphatic heterocycles. The number of halogens is 3. The molecule has 0 radical (unpaired) electrons. The number of nitrogens with two attached hydrogens (primary N) is 1.